The second-order valence-electron chi connectivity index (χ2n) is 5.16. The number of halogens is 3. The van der Waals surface area contributed by atoms with Gasteiger partial charge >= 0.3 is 6.18 Å². The lowest BCUT2D eigenvalue weighted by molar-refractivity contribution is -0.137. The normalized spacial score (nSPS) is 17.8. The van der Waals surface area contributed by atoms with Crippen LogP contribution >= 0.6 is 0 Å². The summed E-state index contributed by atoms with van der Waals surface area (Å²) in [5, 5.41) is 2.63. The van der Waals surface area contributed by atoms with Gasteiger partial charge in [0.2, 0.25) is 0 Å². The zero-order chi connectivity index (χ0) is 19.7. The van der Waals surface area contributed by atoms with Gasteiger partial charge in [-0.1, -0.05) is 26.0 Å². The first-order valence-electron chi connectivity index (χ1n) is 8.17. The fourth-order valence-corrected chi connectivity index (χ4v) is 2.09. The predicted octanol–water partition coefficient (Wildman–Crippen LogP) is 2.60. The van der Waals surface area contributed by atoms with Gasteiger partial charge in [-0.25, -0.2) is 0 Å². The van der Waals surface area contributed by atoms with Crippen molar-refractivity contribution in [1.82, 2.24) is 5.32 Å². The number of hydrogen-bond acceptors (Lipinski definition) is 3. The Bertz CT molecular complexity index is 651. The Morgan fingerprint density at radius 2 is 1.88 bits per heavy atom. The number of ether oxygens (including phenoxy) is 1. The molecule has 2 rings (SSSR count). The minimum atomic E-state index is -4.40. The van der Waals surface area contributed by atoms with E-state index in [1.165, 1.54) is 18.2 Å². The minimum Gasteiger partial charge on any atom is -0.465 e. The third-order valence-electron chi connectivity index (χ3n) is 3.24. The largest absolute Gasteiger partial charge is 0.465 e. The van der Waals surface area contributed by atoms with Gasteiger partial charge in [0.15, 0.2) is 17.9 Å². The van der Waals surface area contributed by atoms with Crippen LogP contribution in [0.25, 0.3) is 6.08 Å². The molecule has 0 aliphatic carbocycles. The van der Waals surface area contributed by atoms with Crippen LogP contribution < -0.4 is 16.8 Å². The van der Waals surface area contributed by atoms with Crippen molar-refractivity contribution in [2.75, 3.05) is 6.54 Å². The number of nitrogens with one attached hydrogen (secondary N) is 1. The van der Waals surface area contributed by atoms with E-state index in [4.69, 9.17) is 16.2 Å². The van der Waals surface area contributed by atoms with Crippen LogP contribution in [0.5, 0.6) is 0 Å². The number of hydrogen-bond donors (Lipinski definition) is 3. The summed E-state index contributed by atoms with van der Waals surface area (Å²) in [5.41, 5.74) is 10.1. The van der Waals surface area contributed by atoms with E-state index < -0.39 is 23.9 Å². The Balaban J connectivity index is 0.00000163. The monoisotopic (exact) mass is 372 g/mol. The number of carbonyl (C=O) groups excluding carboxylic acids is 1. The van der Waals surface area contributed by atoms with Crippen molar-refractivity contribution in [2.24, 2.45) is 16.5 Å². The number of alkyl halides is 3. The van der Waals surface area contributed by atoms with Crippen molar-refractivity contribution in [3.63, 3.8) is 0 Å². The molecule has 26 heavy (non-hydrogen) atoms. The molecular formula is C17H23F3N4O2. The summed E-state index contributed by atoms with van der Waals surface area (Å²) in [7, 11) is 0. The first kappa shape index (κ1) is 21.3. The third-order valence-corrected chi connectivity index (χ3v) is 3.24. The van der Waals surface area contributed by atoms with Gasteiger partial charge in [-0.3, -0.25) is 9.79 Å². The molecule has 1 amide bonds. The molecule has 1 unspecified atom stereocenters. The van der Waals surface area contributed by atoms with Gasteiger partial charge in [0.25, 0.3) is 5.91 Å². The van der Waals surface area contributed by atoms with Crippen LogP contribution in [0.3, 0.4) is 0 Å². The molecule has 0 bridgehead atoms. The Kier molecular flexibility index (Phi) is 7.95. The quantitative estimate of drug-likeness (QED) is 0.320. The molecule has 0 aromatic heterocycles. The molecule has 1 atom stereocenters. The maximum absolute atomic E-state index is 12.5. The van der Waals surface area contributed by atoms with Crippen molar-refractivity contribution >= 4 is 17.9 Å². The van der Waals surface area contributed by atoms with Gasteiger partial charge < -0.3 is 21.5 Å². The maximum atomic E-state index is 12.5. The average Bonchev–Trinajstić information content (AvgIpc) is 2.93. The van der Waals surface area contributed by atoms with E-state index in [-0.39, 0.29) is 11.7 Å². The number of guanidine groups is 1. The fraction of sp³-hybridized carbons (Fsp3) is 0.412. The zero-order valence-corrected chi connectivity index (χ0v) is 14.6. The molecule has 9 heteroatoms. The fourth-order valence-electron chi connectivity index (χ4n) is 2.09. The lowest BCUT2D eigenvalue weighted by Gasteiger charge is -2.08. The summed E-state index contributed by atoms with van der Waals surface area (Å²) in [6.45, 7) is 4.41. The first-order valence-corrected chi connectivity index (χ1v) is 8.17. The Hall–Kier alpha value is -2.71. The van der Waals surface area contributed by atoms with Crippen molar-refractivity contribution in [2.45, 2.75) is 39.1 Å². The van der Waals surface area contributed by atoms with E-state index >= 15 is 0 Å². The molecule has 144 valence electrons. The van der Waals surface area contributed by atoms with E-state index in [9.17, 15) is 18.0 Å². The number of nitrogens with two attached hydrogens (primary N) is 2. The van der Waals surface area contributed by atoms with Crippen molar-refractivity contribution in [1.29, 1.82) is 0 Å². The molecule has 0 radical (unpaired) electrons. The number of benzene rings is 1. The number of aliphatic imine (C=N–C) groups is 1. The van der Waals surface area contributed by atoms with Crippen LogP contribution in [0, 0.1) is 0 Å². The summed E-state index contributed by atoms with van der Waals surface area (Å²) >= 11 is 0. The highest BCUT2D eigenvalue weighted by molar-refractivity contribution is 5.97. The standard InChI is InChI=1S/C15H17F3N4O2.C2H6/c16-15(17,18)10-5-3-9(4-6-10)8-11-13(23)22-12(24-11)2-1-7-21-14(19)20;1-2/h3-6,8,12H,1-2,7H2,(H,22,23)(H4,19,20,21);1-2H3/b11-8-;. The molecule has 1 saturated heterocycles. The Morgan fingerprint density at radius 3 is 2.42 bits per heavy atom. The summed E-state index contributed by atoms with van der Waals surface area (Å²) in [4.78, 5) is 15.6. The predicted molar refractivity (Wildman–Crippen MR) is 93.7 cm³/mol. The van der Waals surface area contributed by atoms with Crippen LogP contribution in [-0.4, -0.2) is 24.6 Å². The van der Waals surface area contributed by atoms with Crippen LogP contribution in [0.1, 0.15) is 37.8 Å². The second kappa shape index (κ2) is 9.69. The summed E-state index contributed by atoms with van der Waals surface area (Å²) in [5.74, 6) is -0.363. The van der Waals surface area contributed by atoms with E-state index in [0.29, 0.717) is 24.9 Å². The van der Waals surface area contributed by atoms with E-state index in [1.54, 1.807) is 0 Å². The van der Waals surface area contributed by atoms with Gasteiger partial charge in [0.1, 0.15) is 0 Å². The second-order valence-corrected chi connectivity index (χ2v) is 5.16. The van der Waals surface area contributed by atoms with Crippen molar-refractivity contribution in [3.05, 3.63) is 41.2 Å². The van der Waals surface area contributed by atoms with Gasteiger partial charge in [-0.15, -0.1) is 0 Å². The average molecular weight is 372 g/mol. The maximum Gasteiger partial charge on any atom is 0.416 e. The third kappa shape index (κ3) is 6.66. The summed E-state index contributed by atoms with van der Waals surface area (Å²) in [6, 6.07) is 4.45. The molecule has 1 aliphatic heterocycles. The lowest BCUT2D eigenvalue weighted by atomic mass is 10.1. The molecular weight excluding hydrogens is 349 g/mol. The minimum absolute atomic E-state index is 0.00531. The van der Waals surface area contributed by atoms with Crippen LogP contribution in [0.4, 0.5) is 13.2 Å². The van der Waals surface area contributed by atoms with Crippen LogP contribution in [-0.2, 0) is 15.7 Å². The first-order chi connectivity index (χ1) is 12.3. The molecule has 1 aromatic carbocycles. The molecule has 1 heterocycles. The Labute approximate surface area is 150 Å². The van der Waals surface area contributed by atoms with E-state index in [0.717, 1.165) is 12.1 Å². The highest BCUT2D eigenvalue weighted by Crippen LogP contribution is 2.29. The van der Waals surface area contributed by atoms with Gasteiger partial charge in [0.05, 0.1) is 5.56 Å². The highest BCUT2D eigenvalue weighted by Gasteiger charge is 2.30. The number of rotatable bonds is 5. The van der Waals surface area contributed by atoms with E-state index in [2.05, 4.69) is 10.3 Å². The number of amides is 1. The van der Waals surface area contributed by atoms with E-state index in [1.807, 2.05) is 13.8 Å². The summed E-state index contributed by atoms with van der Waals surface area (Å²) in [6.07, 6.45) is -2.39. The molecule has 5 N–H and O–H groups in total. The topological polar surface area (TPSA) is 103 Å². The van der Waals surface area contributed by atoms with Gasteiger partial charge in [0, 0.05) is 13.0 Å². The van der Waals surface area contributed by atoms with Gasteiger partial charge in [-0.2, -0.15) is 13.2 Å². The SMILES string of the molecule is CC.NC(N)=NCCCC1NC(=O)/C(=C/c2ccc(C(F)(F)F)cc2)O1. The van der Waals surface area contributed by atoms with Crippen molar-refractivity contribution in [3.8, 4) is 0 Å². The molecule has 0 saturated carbocycles. The lowest BCUT2D eigenvalue weighted by Crippen LogP contribution is -2.26. The molecule has 0 spiro atoms. The smallest absolute Gasteiger partial charge is 0.416 e. The summed E-state index contributed by atoms with van der Waals surface area (Å²) < 4.78 is 43.0. The molecule has 1 fully saturated rings. The Morgan fingerprint density at radius 1 is 1.27 bits per heavy atom. The molecule has 1 aliphatic rings. The van der Waals surface area contributed by atoms with Crippen LogP contribution in [0.2, 0.25) is 0 Å². The number of nitrogens with zero attached hydrogens (tertiary/aromatic N) is 1. The van der Waals surface area contributed by atoms with Gasteiger partial charge in [-0.05, 0) is 30.2 Å². The molecule has 1 aromatic rings. The number of carbonyl (C=O) groups is 1. The zero-order valence-electron chi connectivity index (χ0n) is 14.6. The van der Waals surface area contributed by atoms with Crippen molar-refractivity contribution < 1.29 is 22.7 Å². The highest BCUT2D eigenvalue weighted by atomic mass is 19.4. The van der Waals surface area contributed by atoms with Crippen LogP contribution in [0.15, 0.2) is 35.0 Å². The molecule has 6 nitrogen and oxygen atoms in total.